The van der Waals surface area contributed by atoms with Crippen LogP contribution in [0, 0.1) is 5.92 Å². The number of aromatic carboxylic acids is 1. The van der Waals surface area contributed by atoms with Gasteiger partial charge in [-0.15, -0.1) is 0 Å². The first-order valence-electron chi connectivity index (χ1n) is 9.20. The third-order valence-corrected chi connectivity index (χ3v) is 4.44. The predicted molar refractivity (Wildman–Crippen MR) is 106 cm³/mol. The summed E-state index contributed by atoms with van der Waals surface area (Å²) in [4.78, 5) is 23.7. The van der Waals surface area contributed by atoms with Crippen molar-refractivity contribution in [3.63, 3.8) is 0 Å². The molecule has 0 bridgehead atoms. The first-order chi connectivity index (χ1) is 13.3. The Morgan fingerprint density at radius 2 is 1.75 bits per heavy atom. The van der Waals surface area contributed by atoms with E-state index in [1.54, 1.807) is 19.2 Å². The van der Waals surface area contributed by atoms with Crippen LogP contribution in [-0.4, -0.2) is 30.2 Å². The van der Waals surface area contributed by atoms with Crippen LogP contribution in [0.4, 0.5) is 0 Å². The number of carboxylic acids is 1. The molecule has 2 N–H and O–H groups in total. The van der Waals surface area contributed by atoms with Gasteiger partial charge in [-0.25, -0.2) is 4.79 Å². The second-order valence-electron chi connectivity index (χ2n) is 6.98. The summed E-state index contributed by atoms with van der Waals surface area (Å²) in [5.74, 6) is -0.445. The monoisotopic (exact) mass is 385 g/mol. The highest BCUT2D eigenvalue weighted by atomic mass is 16.5. The lowest BCUT2D eigenvalue weighted by molar-refractivity contribution is -0.137. The van der Waals surface area contributed by atoms with Crippen LogP contribution in [-0.2, 0) is 16.1 Å². The van der Waals surface area contributed by atoms with Crippen LogP contribution in [0.5, 0.6) is 5.75 Å². The Labute approximate surface area is 165 Å². The van der Waals surface area contributed by atoms with Gasteiger partial charge < -0.3 is 19.9 Å². The zero-order valence-electron chi connectivity index (χ0n) is 16.6. The van der Waals surface area contributed by atoms with Gasteiger partial charge in [0.15, 0.2) is 0 Å². The van der Waals surface area contributed by atoms with E-state index in [0.29, 0.717) is 6.61 Å². The number of amides is 1. The van der Waals surface area contributed by atoms with Gasteiger partial charge >= 0.3 is 5.97 Å². The quantitative estimate of drug-likeness (QED) is 0.686. The molecule has 0 aliphatic carbocycles. The summed E-state index contributed by atoms with van der Waals surface area (Å²) in [6.45, 7) is 6.02. The van der Waals surface area contributed by atoms with Crippen molar-refractivity contribution in [2.75, 3.05) is 7.11 Å². The normalized spacial score (nSPS) is 13.0. The summed E-state index contributed by atoms with van der Waals surface area (Å²) in [7, 11) is 1.61. The molecule has 28 heavy (non-hydrogen) atoms. The topological polar surface area (TPSA) is 84.9 Å². The molecule has 0 aliphatic heterocycles. The number of benzene rings is 2. The second kappa shape index (κ2) is 9.90. The summed E-state index contributed by atoms with van der Waals surface area (Å²) in [5, 5.41) is 11.9. The fourth-order valence-electron chi connectivity index (χ4n) is 2.81. The highest BCUT2D eigenvalue weighted by molar-refractivity contribution is 5.87. The van der Waals surface area contributed by atoms with Crippen LogP contribution in [0.3, 0.4) is 0 Å². The zero-order valence-corrected chi connectivity index (χ0v) is 16.6. The molecular formula is C22H27NO5. The van der Waals surface area contributed by atoms with Gasteiger partial charge in [0.1, 0.15) is 11.9 Å². The number of ether oxygens (including phenoxy) is 2. The maximum Gasteiger partial charge on any atom is 0.335 e. The highest BCUT2D eigenvalue weighted by Gasteiger charge is 2.24. The molecule has 2 rings (SSSR count). The van der Waals surface area contributed by atoms with Gasteiger partial charge in [0.2, 0.25) is 5.91 Å². The number of hydrogen-bond donors (Lipinski definition) is 2. The minimum Gasteiger partial charge on any atom is -0.497 e. The van der Waals surface area contributed by atoms with Gasteiger partial charge in [0, 0.05) is 0 Å². The first kappa shape index (κ1) is 21.4. The van der Waals surface area contributed by atoms with Crippen LogP contribution < -0.4 is 10.1 Å². The Kier molecular flexibility index (Phi) is 7.58. The van der Waals surface area contributed by atoms with E-state index in [9.17, 15) is 9.59 Å². The number of carboxylic acid groups (broad SMARTS) is 1. The number of nitrogens with one attached hydrogen (secondary N) is 1. The number of hydrogen-bond acceptors (Lipinski definition) is 4. The van der Waals surface area contributed by atoms with E-state index in [1.807, 2.05) is 45.0 Å². The predicted octanol–water partition coefficient (Wildman–Crippen LogP) is 3.81. The molecule has 0 saturated carbocycles. The molecular weight excluding hydrogens is 358 g/mol. The average Bonchev–Trinajstić information content (AvgIpc) is 2.68. The summed E-state index contributed by atoms with van der Waals surface area (Å²) in [5.41, 5.74) is 1.97. The molecule has 1 unspecified atom stereocenters. The fourth-order valence-corrected chi connectivity index (χ4v) is 2.81. The zero-order chi connectivity index (χ0) is 20.7. The van der Waals surface area contributed by atoms with E-state index < -0.39 is 12.1 Å². The van der Waals surface area contributed by atoms with Crippen molar-refractivity contribution < 1.29 is 24.2 Å². The van der Waals surface area contributed by atoms with Crippen LogP contribution in [0.25, 0.3) is 0 Å². The molecule has 0 radical (unpaired) electrons. The van der Waals surface area contributed by atoms with E-state index in [-0.39, 0.29) is 23.4 Å². The van der Waals surface area contributed by atoms with Crippen molar-refractivity contribution in [1.82, 2.24) is 5.32 Å². The molecule has 6 nitrogen and oxygen atoms in total. The van der Waals surface area contributed by atoms with E-state index in [1.165, 1.54) is 12.1 Å². The molecule has 2 atom stereocenters. The lowest BCUT2D eigenvalue weighted by Gasteiger charge is -2.23. The minimum absolute atomic E-state index is 0.00723. The van der Waals surface area contributed by atoms with Crippen LogP contribution in [0.15, 0.2) is 48.5 Å². The maximum absolute atomic E-state index is 12.7. The van der Waals surface area contributed by atoms with Crippen molar-refractivity contribution in [3.8, 4) is 5.75 Å². The minimum atomic E-state index is -0.978. The molecule has 2 aromatic rings. The van der Waals surface area contributed by atoms with E-state index in [4.69, 9.17) is 14.6 Å². The molecule has 1 amide bonds. The average molecular weight is 385 g/mol. The van der Waals surface area contributed by atoms with E-state index >= 15 is 0 Å². The fraction of sp³-hybridized carbons (Fsp3) is 0.364. The third kappa shape index (κ3) is 5.82. The maximum atomic E-state index is 12.7. The Balaban J connectivity index is 2.00. The SMILES string of the molecule is COc1cccc(COC(C(=O)N[C@@H](C)c2ccc(C(=O)O)cc2)C(C)C)c1. The smallest absolute Gasteiger partial charge is 0.335 e. The van der Waals surface area contributed by atoms with Crippen molar-refractivity contribution in [3.05, 3.63) is 65.2 Å². The number of methoxy groups -OCH3 is 1. The summed E-state index contributed by atoms with van der Waals surface area (Å²) < 4.78 is 11.1. The molecule has 0 aliphatic rings. The van der Waals surface area contributed by atoms with Crippen LogP contribution in [0.1, 0.15) is 48.3 Å². The van der Waals surface area contributed by atoms with Gasteiger partial charge in [-0.05, 0) is 48.2 Å². The largest absolute Gasteiger partial charge is 0.497 e. The van der Waals surface area contributed by atoms with Gasteiger partial charge in [0.05, 0.1) is 25.3 Å². The summed E-state index contributed by atoms with van der Waals surface area (Å²) in [6, 6.07) is 13.7. The Hall–Kier alpha value is -2.86. The van der Waals surface area contributed by atoms with Gasteiger partial charge in [-0.3, -0.25) is 4.79 Å². The van der Waals surface area contributed by atoms with Gasteiger partial charge in [-0.1, -0.05) is 38.1 Å². The first-order valence-corrected chi connectivity index (χ1v) is 9.20. The summed E-state index contributed by atoms with van der Waals surface area (Å²) >= 11 is 0. The summed E-state index contributed by atoms with van der Waals surface area (Å²) in [6.07, 6.45) is -0.605. The van der Waals surface area contributed by atoms with E-state index in [0.717, 1.165) is 16.9 Å². The Bertz CT molecular complexity index is 801. The standard InChI is InChI=1S/C22H27NO5/c1-14(2)20(28-13-16-6-5-7-19(12-16)27-4)21(24)23-15(3)17-8-10-18(11-9-17)22(25)26/h5-12,14-15,20H,13H2,1-4H3,(H,23,24)(H,25,26)/t15-,20?/m0/s1. The lowest BCUT2D eigenvalue weighted by Crippen LogP contribution is -2.40. The number of carbonyl (C=O) groups is 2. The Morgan fingerprint density at radius 3 is 2.32 bits per heavy atom. The molecule has 0 fully saturated rings. The number of carbonyl (C=O) groups excluding carboxylic acids is 1. The number of rotatable bonds is 9. The lowest BCUT2D eigenvalue weighted by atomic mass is 10.0. The van der Waals surface area contributed by atoms with Crippen molar-refractivity contribution in [2.45, 2.75) is 39.5 Å². The van der Waals surface area contributed by atoms with Gasteiger partial charge in [-0.2, -0.15) is 0 Å². The van der Waals surface area contributed by atoms with E-state index in [2.05, 4.69) is 5.32 Å². The van der Waals surface area contributed by atoms with Gasteiger partial charge in [0.25, 0.3) is 0 Å². The highest BCUT2D eigenvalue weighted by Crippen LogP contribution is 2.18. The second-order valence-corrected chi connectivity index (χ2v) is 6.98. The van der Waals surface area contributed by atoms with Crippen LogP contribution >= 0.6 is 0 Å². The molecule has 6 heteroatoms. The molecule has 0 saturated heterocycles. The van der Waals surface area contributed by atoms with Crippen LogP contribution in [0.2, 0.25) is 0 Å². The molecule has 150 valence electrons. The molecule has 0 aromatic heterocycles. The molecule has 0 spiro atoms. The van der Waals surface area contributed by atoms with Crippen molar-refractivity contribution in [1.29, 1.82) is 0 Å². The molecule has 2 aromatic carbocycles. The van der Waals surface area contributed by atoms with Crippen molar-refractivity contribution in [2.24, 2.45) is 5.92 Å². The Morgan fingerprint density at radius 1 is 1.07 bits per heavy atom. The molecule has 0 heterocycles. The van der Waals surface area contributed by atoms with Crippen molar-refractivity contribution >= 4 is 11.9 Å². The third-order valence-electron chi connectivity index (χ3n) is 4.44.